The molecule has 2 aliphatic heterocycles. The van der Waals surface area contributed by atoms with Crippen LogP contribution in [0.2, 0.25) is 0 Å². The third-order valence-electron chi connectivity index (χ3n) is 5.43. The van der Waals surface area contributed by atoms with Crippen LogP contribution >= 0.6 is 11.8 Å². The van der Waals surface area contributed by atoms with Crippen molar-refractivity contribution in [2.75, 3.05) is 19.3 Å². The Balaban J connectivity index is 1.67. The zero-order valence-corrected chi connectivity index (χ0v) is 14.4. The highest BCUT2D eigenvalue weighted by Crippen LogP contribution is 2.39. The SMILES string of the molecule is CSc1cc2c(c([C@@H]3CCCN3)c1)CN(C(=O)C1(O)CC1)CC2. The monoisotopic (exact) mass is 332 g/mol. The number of nitrogens with zero attached hydrogens (tertiary/aromatic N) is 1. The van der Waals surface area contributed by atoms with E-state index in [4.69, 9.17) is 0 Å². The molecule has 1 saturated carbocycles. The third kappa shape index (κ3) is 2.79. The normalized spacial score (nSPS) is 25.3. The van der Waals surface area contributed by atoms with Gasteiger partial charge in [0.15, 0.2) is 0 Å². The second-order valence-electron chi connectivity index (χ2n) is 7.01. The summed E-state index contributed by atoms with van der Waals surface area (Å²) in [5, 5.41) is 13.8. The molecule has 3 aliphatic rings. The van der Waals surface area contributed by atoms with Crippen molar-refractivity contribution in [1.29, 1.82) is 0 Å². The van der Waals surface area contributed by atoms with E-state index in [-0.39, 0.29) is 5.91 Å². The molecule has 0 spiro atoms. The Labute approximate surface area is 141 Å². The van der Waals surface area contributed by atoms with Crippen LogP contribution in [0.4, 0.5) is 0 Å². The summed E-state index contributed by atoms with van der Waals surface area (Å²) in [5.41, 5.74) is 3.01. The van der Waals surface area contributed by atoms with Gasteiger partial charge in [-0.15, -0.1) is 11.8 Å². The molecule has 1 aliphatic carbocycles. The standard InChI is InChI=1S/C18H24N2O2S/c1-23-13-9-12-4-8-20(17(21)18(22)5-6-18)11-15(12)14(10-13)16-3-2-7-19-16/h9-10,16,19,22H,2-8,11H2,1H3/t16-/m0/s1. The number of nitrogens with one attached hydrogen (secondary N) is 1. The van der Waals surface area contributed by atoms with Gasteiger partial charge in [0.25, 0.3) is 5.91 Å². The zero-order valence-electron chi connectivity index (χ0n) is 13.6. The quantitative estimate of drug-likeness (QED) is 0.834. The molecule has 0 bridgehead atoms. The Morgan fingerprint density at radius 1 is 1.43 bits per heavy atom. The minimum absolute atomic E-state index is 0.0672. The van der Waals surface area contributed by atoms with Gasteiger partial charge in [-0.1, -0.05) is 0 Å². The van der Waals surface area contributed by atoms with Gasteiger partial charge in [-0.2, -0.15) is 0 Å². The molecule has 5 heteroatoms. The lowest BCUT2D eigenvalue weighted by Gasteiger charge is -2.33. The van der Waals surface area contributed by atoms with Crippen molar-refractivity contribution < 1.29 is 9.90 Å². The Morgan fingerprint density at radius 3 is 2.91 bits per heavy atom. The first kappa shape index (κ1) is 15.5. The first-order valence-corrected chi connectivity index (χ1v) is 9.78. The number of fused-ring (bicyclic) bond motifs is 1. The molecule has 1 saturated heterocycles. The van der Waals surface area contributed by atoms with Crippen molar-refractivity contribution in [3.05, 3.63) is 28.8 Å². The fourth-order valence-electron chi connectivity index (χ4n) is 3.85. The molecule has 4 nitrogen and oxygen atoms in total. The first-order chi connectivity index (χ1) is 11.1. The maximum absolute atomic E-state index is 12.5. The highest BCUT2D eigenvalue weighted by Gasteiger charge is 2.50. The number of benzene rings is 1. The number of carbonyl (C=O) groups is 1. The van der Waals surface area contributed by atoms with E-state index in [0.29, 0.717) is 25.4 Å². The Hall–Kier alpha value is -1.04. The van der Waals surface area contributed by atoms with Crippen molar-refractivity contribution in [1.82, 2.24) is 10.2 Å². The summed E-state index contributed by atoms with van der Waals surface area (Å²) in [7, 11) is 0. The maximum Gasteiger partial charge on any atom is 0.254 e. The topological polar surface area (TPSA) is 52.6 Å². The fourth-order valence-corrected chi connectivity index (χ4v) is 4.35. The Kier molecular flexibility index (Phi) is 3.90. The lowest BCUT2D eigenvalue weighted by atomic mass is 9.90. The van der Waals surface area contributed by atoms with Crippen LogP contribution in [-0.4, -0.2) is 40.9 Å². The van der Waals surface area contributed by atoms with E-state index in [1.807, 2.05) is 4.90 Å². The number of rotatable bonds is 3. The van der Waals surface area contributed by atoms with E-state index in [2.05, 4.69) is 23.7 Å². The zero-order chi connectivity index (χ0) is 16.0. The van der Waals surface area contributed by atoms with E-state index in [1.54, 1.807) is 11.8 Å². The van der Waals surface area contributed by atoms with Crippen LogP contribution in [0.5, 0.6) is 0 Å². The maximum atomic E-state index is 12.5. The summed E-state index contributed by atoms with van der Waals surface area (Å²) in [5.74, 6) is -0.0672. The molecule has 2 N–H and O–H groups in total. The average Bonchev–Trinajstić information content (AvgIpc) is 3.11. The van der Waals surface area contributed by atoms with Crippen molar-refractivity contribution in [3.63, 3.8) is 0 Å². The summed E-state index contributed by atoms with van der Waals surface area (Å²) < 4.78 is 0. The summed E-state index contributed by atoms with van der Waals surface area (Å²) >= 11 is 1.79. The van der Waals surface area contributed by atoms with Gasteiger partial charge in [-0.05, 0) is 73.7 Å². The summed E-state index contributed by atoms with van der Waals surface area (Å²) in [6.07, 6.45) is 6.64. The minimum Gasteiger partial charge on any atom is -0.380 e. The van der Waals surface area contributed by atoms with Gasteiger partial charge in [0.2, 0.25) is 0 Å². The van der Waals surface area contributed by atoms with Gasteiger partial charge in [0.1, 0.15) is 5.60 Å². The van der Waals surface area contributed by atoms with Crippen LogP contribution in [-0.2, 0) is 17.8 Å². The lowest BCUT2D eigenvalue weighted by molar-refractivity contribution is -0.143. The molecule has 0 aromatic heterocycles. The molecule has 1 atom stereocenters. The molecule has 1 aromatic carbocycles. The molecule has 124 valence electrons. The molecule has 2 heterocycles. The average molecular weight is 332 g/mol. The smallest absolute Gasteiger partial charge is 0.254 e. The number of hydrogen-bond donors (Lipinski definition) is 2. The molecule has 23 heavy (non-hydrogen) atoms. The summed E-state index contributed by atoms with van der Waals surface area (Å²) in [4.78, 5) is 15.7. The highest BCUT2D eigenvalue weighted by atomic mass is 32.2. The Bertz CT molecular complexity index is 636. The van der Waals surface area contributed by atoms with Crippen LogP contribution in [0.25, 0.3) is 0 Å². The van der Waals surface area contributed by atoms with Gasteiger partial charge < -0.3 is 15.3 Å². The van der Waals surface area contributed by atoms with Crippen LogP contribution in [0.1, 0.15) is 48.4 Å². The minimum atomic E-state index is -1.05. The van der Waals surface area contributed by atoms with Crippen LogP contribution in [0, 0.1) is 0 Å². The van der Waals surface area contributed by atoms with Crippen molar-refractivity contribution in [3.8, 4) is 0 Å². The Morgan fingerprint density at radius 2 is 2.26 bits per heavy atom. The summed E-state index contributed by atoms with van der Waals surface area (Å²) in [6, 6.07) is 4.99. The van der Waals surface area contributed by atoms with E-state index in [0.717, 1.165) is 19.5 Å². The molecular weight excluding hydrogens is 308 g/mol. The largest absolute Gasteiger partial charge is 0.380 e. The fraction of sp³-hybridized carbons (Fsp3) is 0.611. The van der Waals surface area contributed by atoms with Crippen LogP contribution in [0.15, 0.2) is 17.0 Å². The summed E-state index contributed by atoms with van der Waals surface area (Å²) in [6.45, 7) is 2.45. The highest BCUT2D eigenvalue weighted by molar-refractivity contribution is 7.98. The first-order valence-electron chi connectivity index (χ1n) is 8.55. The van der Waals surface area contributed by atoms with Gasteiger partial charge in [0.05, 0.1) is 0 Å². The van der Waals surface area contributed by atoms with E-state index < -0.39 is 5.60 Å². The van der Waals surface area contributed by atoms with Crippen molar-refractivity contribution >= 4 is 17.7 Å². The molecule has 0 unspecified atom stereocenters. The second-order valence-corrected chi connectivity index (χ2v) is 7.89. The van der Waals surface area contributed by atoms with Crippen molar-refractivity contribution in [2.45, 2.75) is 55.2 Å². The van der Waals surface area contributed by atoms with Crippen LogP contribution in [0.3, 0.4) is 0 Å². The molecule has 4 rings (SSSR count). The number of thioether (sulfide) groups is 1. The third-order valence-corrected chi connectivity index (χ3v) is 6.14. The van der Waals surface area contributed by atoms with Crippen molar-refractivity contribution in [2.24, 2.45) is 0 Å². The van der Waals surface area contributed by atoms with Crippen LogP contribution < -0.4 is 5.32 Å². The predicted molar refractivity (Wildman–Crippen MR) is 91.5 cm³/mol. The van der Waals surface area contributed by atoms with Gasteiger partial charge >= 0.3 is 0 Å². The van der Waals surface area contributed by atoms with E-state index in [9.17, 15) is 9.90 Å². The number of hydrogen-bond acceptors (Lipinski definition) is 4. The molecule has 2 fully saturated rings. The molecule has 1 amide bonds. The number of carbonyl (C=O) groups excluding carboxylic acids is 1. The van der Waals surface area contributed by atoms with Gasteiger partial charge in [-0.3, -0.25) is 4.79 Å². The number of amides is 1. The molecule has 0 radical (unpaired) electrons. The van der Waals surface area contributed by atoms with Gasteiger partial charge in [-0.25, -0.2) is 0 Å². The molecular formula is C18H24N2O2S. The van der Waals surface area contributed by atoms with E-state index in [1.165, 1.54) is 34.4 Å². The van der Waals surface area contributed by atoms with E-state index >= 15 is 0 Å². The number of aliphatic hydroxyl groups is 1. The lowest BCUT2D eigenvalue weighted by Crippen LogP contribution is -2.43. The van der Waals surface area contributed by atoms with Gasteiger partial charge in [0, 0.05) is 24.0 Å². The predicted octanol–water partition coefficient (Wildman–Crippen LogP) is 2.24. The molecule has 1 aromatic rings. The second kappa shape index (κ2) is 5.80.